The molecule has 0 saturated carbocycles. The van der Waals surface area contributed by atoms with Gasteiger partial charge in [0.25, 0.3) is 5.92 Å². The molecular formula is C18H20F2N6. The number of hydrogen-bond donors (Lipinski definition) is 1. The van der Waals surface area contributed by atoms with Crippen LogP contribution in [-0.2, 0) is 13.5 Å². The van der Waals surface area contributed by atoms with Gasteiger partial charge in [-0.3, -0.25) is 0 Å². The molecule has 6 nitrogen and oxygen atoms in total. The van der Waals surface area contributed by atoms with Crippen molar-refractivity contribution in [3.05, 3.63) is 36.4 Å². The van der Waals surface area contributed by atoms with Gasteiger partial charge in [-0.25, -0.2) is 23.7 Å². The average molecular weight is 358 g/mol. The van der Waals surface area contributed by atoms with Gasteiger partial charge in [0.05, 0.1) is 36.5 Å². The molecule has 0 radical (unpaired) electrons. The summed E-state index contributed by atoms with van der Waals surface area (Å²) in [5, 5.41) is 3.29. The van der Waals surface area contributed by atoms with Crippen molar-refractivity contribution in [2.75, 3.05) is 23.3 Å². The highest BCUT2D eigenvalue weighted by Crippen LogP contribution is 2.32. The van der Waals surface area contributed by atoms with E-state index in [4.69, 9.17) is 0 Å². The summed E-state index contributed by atoms with van der Waals surface area (Å²) in [6, 6.07) is 3.81. The van der Waals surface area contributed by atoms with E-state index in [2.05, 4.69) is 20.3 Å². The molecular weight excluding hydrogens is 338 g/mol. The number of nitrogens with one attached hydrogen (secondary N) is 1. The molecule has 0 unspecified atom stereocenters. The van der Waals surface area contributed by atoms with Crippen molar-refractivity contribution in [1.82, 2.24) is 19.5 Å². The van der Waals surface area contributed by atoms with Gasteiger partial charge in [-0.1, -0.05) is 6.92 Å². The fourth-order valence-corrected chi connectivity index (χ4v) is 3.23. The third-order valence-corrected chi connectivity index (χ3v) is 4.72. The second-order valence-electron chi connectivity index (χ2n) is 6.62. The van der Waals surface area contributed by atoms with Gasteiger partial charge in [-0.2, -0.15) is 0 Å². The molecule has 0 spiro atoms. The fourth-order valence-electron chi connectivity index (χ4n) is 3.23. The molecule has 136 valence electrons. The molecule has 3 aromatic heterocycles. The molecule has 8 heteroatoms. The van der Waals surface area contributed by atoms with E-state index in [9.17, 15) is 8.78 Å². The molecule has 0 atom stereocenters. The van der Waals surface area contributed by atoms with Crippen molar-refractivity contribution in [3.63, 3.8) is 0 Å². The SMILES string of the molecule is CCc1cc(N2CCC(F)(F)C2)ncc1Nc1cc2c(cn1)ncn2C. The van der Waals surface area contributed by atoms with Crippen LogP contribution in [0.3, 0.4) is 0 Å². The van der Waals surface area contributed by atoms with Crippen molar-refractivity contribution < 1.29 is 8.78 Å². The van der Waals surface area contributed by atoms with E-state index in [1.807, 2.05) is 30.7 Å². The monoisotopic (exact) mass is 358 g/mol. The molecule has 1 aliphatic heterocycles. The van der Waals surface area contributed by atoms with Gasteiger partial charge in [-0.05, 0) is 18.1 Å². The van der Waals surface area contributed by atoms with E-state index in [-0.39, 0.29) is 13.0 Å². The van der Waals surface area contributed by atoms with E-state index in [1.54, 1.807) is 23.6 Å². The Morgan fingerprint density at radius 1 is 1.19 bits per heavy atom. The zero-order chi connectivity index (χ0) is 18.3. The van der Waals surface area contributed by atoms with Gasteiger partial charge in [0.2, 0.25) is 0 Å². The Hall–Kier alpha value is -2.77. The minimum absolute atomic E-state index is 0.120. The topological polar surface area (TPSA) is 58.9 Å². The average Bonchev–Trinajstić information content (AvgIpc) is 3.18. The van der Waals surface area contributed by atoms with Crippen molar-refractivity contribution in [1.29, 1.82) is 0 Å². The summed E-state index contributed by atoms with van der Waals surface area (Å²) in [4.78, 5) is 14.7. The molecule has 1 aliphatic rings. The lowest BCUT2D eigenvalue weighted by molar-refractivity contribution is 0.0256. The highest BCUT2D eigenvalue weighted by Gasteiger charge is 2.38. The van der Waals surface area contributed by atoms with Crippen molar-refractivity contribution >= 4 is 28.4 Å². The van der Waals surface area contributed by atoms with Crippen LogP contribution in [0.5, 0.6) is 0 Å². The maximum atomic E-state index is 13.5. The van der Waals surface area contributed by atoms with Crippen LogP contribution < -0.4 is 10.2 Å². The Morgan fingerprint density at radius 2 is 2.04 bits per heavy atom. The molecule has 0 aliphatic carbocycles. The minimum atomic E-state index is -2.63. The maximum absolute atomic E-state index is 13.5. The Labute approximate surface area is 149 Å². The van der Waals surface area contributed by atoms with Crippen LogP contribution in [0.1, 0.15) is 18.9 Å². The van der Waals surface area contributed by atoms with Crippen LogP contribution in [0.15, 0.2) is 30.9 Å². The molecule has 4 heterocycles. The first kappa shape index (κ1) is 16.7. The van der Waals surface area contributed by atoms with Crippen LogP contribution in [-0.4, -0.2) is 38.5 Å². The Morgan fingerprint density at radius 3 is 2.77 bits per heavy atom. The summed E-state index contributed by atoms with van der Waals surface area (Å²) < 4.78 is 28.9. The predicted molar refractivity (Wildman–Crippen MR) is 97.2 cm³/mol. The highest BCUT2D eigenvalue weighted by molar-refractivity contribution is 5.78. The normalized spacial score (nSPS) is 16.4. The zero-order valence-corrected chi connectivity index (χ0v) is 14.7. The molecule has 3 aromatic rings. The van der Waals surface area contributed by atoms with E-state index < -0.39 is 5.92 Å². The number of hydrogen-bond acceptors (Lipinski definition) is 5. The van der Waals surface area contributed by atoms with E-state index in [1.165, 1.54) is 0 Å². The van der Waals surface area contributed by atoms with Crippen LogP contribution in [0.4, 0.5) is 26.1 Å². The van der Waals surface area contributed by atoms with Gasteiger partial charge in [-0.15, -0.1) is 0 Å². The summed E-state index contributed by atoms with van der Waals surface area (Å²) in [5.41, 5.74) is 3.65. The Kier molecular flexibility index (Phi) is 3.97. The summed E-state index contributed by atoms with van der Waals surface area (Å²) in [7, 11) is 1.93. The first-order chi connectivity index (χ1) is 12.4. The lowest BCUT2D eigenvalue weighted by Gasteiger charge is -2.19. The fraction of sp³-hybridized carbons (Fsp3) is 0.389. The molecule has 1 N–H and O–H groups in total. The third-order valence-electron chi connectivity index (χ3n) is 4.72. The quantitative estimate of drug-likeness (QED) is 0.773. The highest BCUT2D eigenvalue weighted by atomic mass is 19.3. The predicted octanol–water partition coefficient (Wildman–Crippen LogP) is 3.51. The second-order valence-corrected chi connectivity index (χ2v) is 6.62. The number of imidazole rings is 1. The van der Waals surface area contributed by atoms with Crippen LogP contribution >= 0.6 is 0 Å². The smallest absolute Gasteiger partial charge is 0.266 e. The largest absolute Gasteiger partial charge is 0.350 e. The molecule has 4 rings (SSSR count). The number of aryl methyl sites for hydroxylation is 2. The van der Waals surface area contributed by atoms with Crippen LogP contribution in [0.2, 0.25) is 0 Å². The van der Waals surface area contributed by atoms with E-state index in [0.29, 0.717) is 18.2 Å². The van der Waals surface area contributed by atoms with Gasteiger partial charge < -0.3 is 14.8 Å². The number of anilines is 3. The molecule has 0 aromatic carbocycles. The first-order valence-electron chi connectivity index (χ1n) is 8.61. The number of nitrogens with zero attached hydrogens (tertiary/aromatic N) is 5. The summed E-state index contributed by atoms with van der Waals surface area (Å²) in [6.45, 7) is 2.09. The number of pyridine rings is 2. The summed E-state index contributed by atoms with van der Waals surface area (Å²) in [5.74, 6) is -1.34. The molecule has 1 fully saturated rings. The van der Waals surface area contributed by atoms with Gasteiger partial charge >= 0.3 is 0 Å². The maximum Gasteiger partial charge on any atom is 0.266 e. The van der Waals surface area contributed by atoms with Crippen molar-refractivity contribution in [3.8, 4) is 0 Å². The lowest BCUT2D eigenvalue weighted by Crippen LogP contribution is -2.25. The summed E-state index contributed by atoms with van der Waals surface area (Å²) in [6.07, 6.45) is 5.80. The molecule has 0 bridgehead atoms. The van der Waals surface area contributed by atoms with E-state index in [0.717, 1.165) is 28.7 Å². The lowest BCUT2D eigenvalue weighted by atomic mass is 10.1. The molecule has 1 saturated heterocycles. The third kappa shape index (κ3) is 3.07. The number of aromatic nitrogens is 4. The number of rotatable bonds is 4. The Balaban J connectivity index is 1.60. The van der Waals surface area contributed by atoms with E-state index >= 15 is 0 Å². The number of halogens is 2. The van der Waals surface area contributed by atoms with Gasteiger partial charge in [0, 0.05) is 26.1 Å². The Bertz CT molecular complexity index is 952. The van der Waals surface area contributed by atoms with Crippen molar-refractivity contribution in [2.24, 2.45) is 7.05 Å². The van der Waals surface area contributed by atoms with Crippen molar-refractivity contribution in [2.45, 2.75) is 25.7 Å². The standard InChI is InChI=1S/C18H20F2N6/c1-3-12-6-17(26-5-4-18(19,20)10-26)22-8-13(12)24-16-7-15-14(9-21-16)23-11-25(15)2/h6-9,11H,3-5,10H2,1-2H3,(H,21,24). The van der Waals surface area contributed by atoms with Crippen LogP contribution in [0, 0.1) is 0 Å². The first-order valence-corrected chi connectivity index (χ1v) is 8.61. The minimum Gasteiger partial charge on any atom is -0.350 e. The van der Waals surface area contributed by atoms with Gasteiger partial charge in [0.1, 0.15) is 17.2 Å². The number of alkyl halides is 2. The summed E-state index contributed by atoms with van der Waals surface area (Å²) >= 11 is 0. The van der Waals surface area contributed by atoms with Crippen LogP contribution in [0.25, 0.3) is 11.0 Å². The van der Waals surface area contributed by atoms with Gasteiger partial charge in [0.15, 0.2) is 0 Å². The number of fused-ring (bicyclic) bond motifs is 1. The molecule has 0 amide bonds. The zero-order valence-electron chi connectivity index (χ0n) is 14.7. The second kappa shape index (κ2) is 6.19. The molecule has 26 heavy (non-hydrogen) atoms.